The van der Waals surface area contributed by atoms with E-state index in [-0.39, 0.29) is 27.4 Å². The molecule has 4 aromatic rings. The van der Waals surface area contributed by atoms with Crippen LogP contribution in [0.5, 0.6) is 0 Å². The molecule has 2 heterocycles. The van der Waals surface area contributed by atoms with Crippen molar-refractivity contribution in [3.05, 3.63) is 93.3 Å². The Bertz CT molecular complexity index is 1520. The van der Waals surface area contributed by atoms with Gasteiger partial charge < -0.3 is 19.6 Å². The molecule has 170 valence electrons. The fraction of sp³-hybridized carbons (Fsp3) is 0.0417. The van der Waals surface area contributed by atoms with Gasteiger partial charge in [0.1, 0.15) is 23.6 Å². The zero-order valence-electron chi connectivity index (χ0n) is 17.1. The first-order valence-electron chi connectivity index (χ1n) is 9.74. The molecule has 1 atom stereocenters. The van der Waals surface area contributed by atoms with Crippen molar-refractivity contribution in [1.82, 2.24) is 4.98 Å². The van der Waals surface area contributed by atoms with E-state index in [1.54, 1.807) is 6.07 Å². The van der Waals surface area contributed by atoms with Gasteiger partial charge in [-0.3, -0.25) is 9.78 Å². The number of rotatable bonds is 6. The van der Waals surface area contributed by atoms with E-state index in [1.165, 1.54) is 42.6 Å². The summed E-state index contributed by atoms with van der Waals surface area (Å²) in [4.78, 5) is 51.5. The molecule has 0 radical (unpaired) electrons. The normalized spacial score (nSPS) is 11.7. The van der Waals surface area contributed by atoms with Crippen LogP contribution in [0.2, 0.25) is 5.02 Å². The summed E-state index contributed by atoms with van der Waals surface area (Å²) < 4.78 is 18.7. The first-order chi connectivity index (χ1) is 16.3. The van der Waals surface area contributed by atoms with E-state index in [9.17, 15) is 23.6 Å². The molecule has 0 aliphatic carbocycles. The number of carboxylic acid groups (broad SMARTS) is 1. The van der Waals surface area contributed by atoms with Gasteiger partial charge in [-0.25, -0.2) is 14.0 Å². The molecule has 0 saturated carbocycles. The van der Waals surface area contributed by atoms with Gasteiger partial charge in [-0.2, -0.15) is 0 Å². The van der Waals surface area contributed by atoms with Crippen LogP contribution < -0.4 is 10.9 Å². The number of carbonyl (C=O) groups excluding carboxylic acids is 2. The Labute approximate surface area is 195 Å². The number of aromatic carboxylic acids is 1. The maximum Gasteiger partial charge on any atom is 0.337 e. The second kappa shape index (κ2) is 9.24. The largest absolute Gasteiger partial charge is 0.478 e. The van der Waals surface area contributed by atoms with Crippen molar-refractivity contribution in [3.8, 4) is 11.1 Å². The molecule has 2 aromatic carbocycles. The number of pyridine rings is 1. The van der Waals surface area contributed by atoms with Crippen molar-refractivity contribution in [3.63, 3.8) is 0 Å². The molecule has 0 aliphatic heterocycles. The molecule has 1 amide bonds. The molecular weight excluding hydrogens is 467 g/mol. The third kappa shape index (κ3) is 4.55. The molecule has 0 bridgehead atoms. The number of halogens is 2. The maximum absolute atomic E-state index is 13.5. The summed E-state index contributed by atoms with van der Waals surface area (Å²) in [6.45, 7) is 0. The van der Waals surface area contributed by atoms with Gasteiger partial charge in [-0.05, 0) is 35.9 Å². The lowest BCUT2D eigenvalue weighted by molar-refractivity contribution is -0.122. The highest BCUT2D eigenvalue weighted by molar-refractivity contribution is 6.33. The van der Waals surface area contributed by atoms with E-state index >= 15 is 0 Å². The second-order valence-electron chi connectivity index (χ2n) is 7.23. The van der Waals surface area contributed by atoms with Crippen molar-refractivity contribution in [2.24, 2.45) is 0 Å². The predicted octanol–water partition coefficient (Wildman–Crippen LogP) is 4.27. The Hall–Kier alpha value is -4.37. The molecule has 0 spiro atoms. The van der Waals surface area contributed by atoms with Gasteiger partial charge in [0.2, 0.25) is 5.91 Å². The van der Waals surface area contributed by atoms with Crippen LogP contribution in [0, 0.1) is 5.82 Å². The van der Waals surface area contributed by atoms with Crippen LogP contribution in [0.4, 0.5) is 10.1 Å². The fourth-order valence-electron chi connectivity index (χ4n) is 3.44. The summed E-state index contributed by atoms with van der Waals surface area (Å²) in [5.74, 6) is -3.79. The smallest absolute Gasteiger partial charge is 0.337 e. The van der Waals surface area contributed by atoms with Gasteiger partial charge in [0.15, 0.2) is 0 Å². The molecule has 0 aliphatic rings. The Kier molecular flexibility index (Phi) is 6.20. The number of aldehydes is 1. The standard InChI is InChI=1S/C24H14ClFN2O6/c25-20-7-14(26)2-4-16(20)18-8-22(30)34-21-6-12(1-3-17(18)21)19(11-29)23(31)28-15-5-13(24(32)33)9-27-10-15/h1-11,19H,(H,28,31)(H,32,33)/t19-/m0/s1. The minimum Gasteiger partial charge on any atom is -0.478 e. The third-order valence-electron chi connectivity index (χ3n) is 5.02. The van der Waals surface area contributed by atoms with Gasteiger partial charge in [0.25, 0.3) is 0 Å². The SMILES string of the molecule is O=C[C@H](C(=O)Nc1cncc(C(=O)O)c1)c1ccc2c(-c3ccc(F)cc3Cl)cc(=O)oc2c1. The summed E-state index contributed by atoms with van der Waals surface area (Å²) in [5, 5.41) is 12.1. The van der Waals surface area contributed by atoms with Crippen LogP contribution in [0.3, 0.4) is 0 Å². The highest BCUT2D eigenvalue weighted by Gasteiger charge is 2.22. The number of nitrogens with zero attached hydrogens (tertiary/aromatic N) is 1. The Morgan fingerprint density at radius 3 is 2.59 bits per heavy atom. The summed E-state index contributed by atoms with van der Waals surface area (Å²) in [5.41, 5.74) is 0.374. The molecular formula is C24H14ClFN2O6. The lowest BCUT2D eigenvalue weighted by atomic mass is 9.95. The van der Waals surface area contributed by atoms with Crippen LogP contribution in [0.1, 0.15) is 21.8 Å². The van der Waals surface area contributed by atoms with Gasteiger partial charge in [0.05, 0.1) is 22.5 Å². The zero-order chi connectivity index (χ0) is 24.4. The van der Waals surface area contributed by atoms with E-state index in [0.717, 1.165) is 12.3 Å². The monoisotopic (exact) mass is 480 g/mol. The van der Waals surface area contributed by atoms with Crippen molar-refractivity contribution < 1.29 is 28.3 Å². The van der Waals surface area contributed by atoms with E-state index in [1.807, 2.05) is 0 Å². The first-order valence-corrected chi connectivity index (χ1v) is 10.1. The van der Waals surface area contributed by atoms with Crippen LogP contribution in [-0.2, 0) is 9.59 Å². The maximum atomic E-state index is 13.5. The molecule has 10 heteroatoms. The van der Waals surface area contributed by atoms with Crippen LogP contribution in [-0.4, -0.2) is 28.3 Å². The molecule has 2 N–H and O–H groups in total. The fourth-order valence-corrected chi connectivity index (χ4v) is 3.71. The number of hydrogen-bond donors (Lipinski definition) is 2. The van der Waals surface area contributed by atoms with Gasteiger partial charge >= 0.3 is 11.6 Å². The Balaban J connectivity index is 1.72. The first kappa shape index (κ1) is 22.8. The Morgan fingerprint density at radius 2 is 1.88 bits per heavy atom. The molecule has 0 saturated heterocycles. The number of fused-ring (bicyclic) bond motifs is 1. The number of anilines is 1. The topological polar surface area (TPSA) is 127 Å². The van der Waals surface area contributed by atoms with Crippen LogP contribution in [0.25, 0.3) is 22.1 Å². The molecule has 4 rings (SSSR count). The number of aromatic nitrogens is 1. The van der Waals surface area contributed by atoms with E-state index in [0.29, 0.717) is 22.8 Å². The van der Waals surface area contributed by atoms with Gasteiger partial charge in [-0.1, -0.05) is 23.7 Å². The summed E-state index contributed by atoms with van der Waals surface area (Å²) >= 11 is 6.16. The lowest BCUT2D eigenvalue weighted by Crippen LogP contribution is -2.22. The highest BCUT2D eigenvalue weighted by Crippen LogP contribution is 2.34. The van der Waals surface area contributed by atoms with Crippen molar-refractivity contribution in [2.45, 2.75) is 5.92 Å². The van der Waals surface area contributed by atoms with Gasteiger partial charge in [0, 0.05) is 28.8 Å². The molecule has 2 aromatic heterocycles. The van der Waals surface area contributed by atoms with Crippen molar-refractivity contribution >= 4 is 46.4 Å². The number of amides is 1. The van der Waals surface area contributed by atoms with Crippen LogP contribution in [0.15, 0.2) is 70.1 Å². The minimum atomic E-state index is -1.29. The van der Waals surface area contributed by atoms with E-state index in [4.69, 9.17) is 21.1 Å². The summed E-state index contributed by atoms with van der Waals surface area (Å²) in [6, 6.07) is 10.6. The summed E-state index contributed by atoms with van der Waals surface area (Å²) in [6.07, 6.45) is 2.76. The predicted molar refractivity (Wildman–Crippen MR) is 122 cm³/mol. The number of nitrogens with one attached hydrogen (secondary N) is 1. The van der Waals surface area contributed by atoms with Crippen molar-refractivity contribution in [2.75, 3.05) is 5.32 Å². The average molecular weight is 481 g/mol. The molecule has 0 fully saturated rings. The quantitative estimate of drug-likeness (QED) is 0.240. The van der Waals surface area contributed by atoms with Gasteiger partial charge in [-0.15, -0.1) is 0 Å². The lowest BCUT2D eigenvalue weighted by Gasteiger charge is -2.13. The Morgan fingerprint density at radius 1 is 1.09 bits per heavy atom. The van der Waals surface area contributed by atoms with E-state index in [2.05, 4.69) is 10.3 Å². The second-order valence-corrected chi connectivity index (χ2v) is 7.64. The molecule has 0 unspecified atom stereocenters. The summed E-state index contributed by atoms with van der Waals surface area (Å²) in [7, 11) is 0. The zero-order valence-corrected chi connectivity index (χ0v) is 17.9. The minimum absolute atomic E-state index is 0.0922. The van der Waals surface area contributed by atoms with Crippen molar-refractivity contribution in [1.29, 1.82) is 0 Å². The van der Waals surface area contributed by atoms with E-state index < -0.39 is 29.2 Å². The average Bonchev–Trinajstić information content (AvgIpc) is 2.79. The number of benzene rings is 2. The van der Waals surface area contributed by atoms with Crippen LogP contribution >= 0.6 is 11.6 Å². The molecule has 34 heavy (non-hydrogen) atoms. The number of hydrogen-bond acceptors (Lipinski definition) is 6. The number of carbonyl (C=O) groups is 3. The third-order valence-corrected chi connectivity index (χ3v) is 5.33. The molecule has 8 nitrogen and oxygen atoms in total. The highest BCUT2D eigenvalue weighted by atomic mass is 35.5. The number of carboxylic acids is 1.